The van der Waals surface area contributed by atoms with Gasteiger partial charge in [-0.25, -0.2) is 4.39 Å². The van der Waals surface area contributed by atoms with Crippen molar-refractivity contribution in [3.05, 3.63) is 29.8 Å². The lowest BCUT2D eigenvalue weighted by molar-refractivity contribution is -0.211. The van der Waals surface area contributed by atoms with Crippen LogP contribution in [0.3, 0.4) is 0 Å². The van der Waals surface area contributed by atoms with E-state index in [1.165, 1.54) is 7.11 Å². The molecule has 0 radical (unpaired) electrons. The lowest BCUT2D eigenvalue weighted by Crippen LogP contribution is -2.71. The SMILES string of the molecule is COC(=O)C12CCC(CN(C(=O)C34CC(F)(C3)C4)c3cccc(/C(N)=N/O)c3)(CC1)CC2. The Balaban J connectivity index is 1.43. The fourth-order valence-electron chi connectivity index (χ4n) is 6.71. The lowest BCUT2D eigenvalue weighted by atomic mass is 9.41. The summed E-state index contributed by atoms with van der Waals surface area (Å²) >= 11 is 0. The number of alkyl halides is 1. The number of carbonyl (C=O) groups excluding carboxylic acids is 2. The van der Waals surface area contributed by atoms with Crippen molar-refractivity contribution < 1.29 is 23.9 Å². The topological polar surface area (TPSA) is 105 Å². The van der Waals surface area contributed by atoms with Gasteiger partial charge in [-0.15, -0.1) is 0 Å². The van der Waals surface area contributed by atoms with Crippen LogP contribution < -0.4 is 10.6 Å². The maximum absolute atomic E-state index is 14.2. The first-order chi connectivity index (χ1) is 15.2. The molecule has 1 aromatic rings. The zero-order chi connectivity index (χ0) is 22.8. The molecule has 6 aliphatic carbocycles. The van der Waals surface area contributed by atoms with E-state index in [0.717, 1.165) is 38.5 Å². The second kappa shape index (κ2) is 6.93. The summed E-state index contributed by atoms with van der Waals surface area (Å²) < 4.78 is 19.3. The first kappa shape index (κ1) is 21.2. The van der Waals surface area contributed by atoms with Gasteiger partial charge in [0.1, 0.15) is 5.67 Å². The molecule has 0 atom stereocenters. The third-order valence-electron chi connectivity index (χ3n) is 8.74. The van der Waals surface area contributed by atoms with Gasteiger partial charge in [0.15, 0.2) is 5.84 Å². The van der Waals surface area contributed by atoms with Crippen LogP contribution in [0.5, 0.6) is 0 Å². The fraction of sp³-hybridized carbons (Fsp3) is 0.625. The minimum atomic E-state index is -1.16. The number of hydrogen-bond acceptors (Lipinski definition) is 5. The van der Waals surface area contributed by atoms with E-state index in [-0.39, 0.29) is 28.5 Å². The van der Waals surface area contributed by atoms with Gasteiger partial charge in [0, 0.05) is 17.8 Å². The maximum atomic E-state index is 14.2. The van der Waals surface area contributed by atoms with E-state index >= 15 is 0 Å². The Labute approximate surface area is 186 Å². The Morgan fingerprint density at radius 2 is 1.75 bits per heavy atom. The van der Waals surface area contributed by atoms with Crippen molar-refractivity contribution in [3.8, 4) is 0 Å². The molecule has 0 saturated heterocycles. The van der Waals surface area contributed by atoms with Crippen LogP contribution in [0.2, 0.25) is 0 Å². The van der Waals surface area contributed by atoms with E-state index in [1.54, 1.807) is 18.2 Å². The van der Waals surface area contributed by atoms with Crippen LogP contribution in [-0.4, -0.2) is 42.2 Å². The molecule has 0 aromatic heterocycles. The summed E-state index contributed by atoms with van der Waals surface area (Å²) in [5, 5.41) is 12.2. The van der Waals surface area contributed by atoms with Gasteiger partial charge in [-0.2, -0.15) is 0 Å². The molecule has 6 saturated carbocycles. The van der Waals surface area contributed by atoms with Gasteiger partial charge in [0.25, 0.3) is 0 Å². The summed E-state index contributed by atoms with van der Waals surface area (Å²) in [7, 11) is 1.45. The number of oxime groups is 1. The molecular formula is C24H30FN3O4. The van der Waals surface area contributed by atoms with Crippen LogP contribution in [-0.2, 0) is 14.3 Å². The Kier molecular flexibility index (Phi) is 4.59. The molecule has 4 bridgehead atoms. The molecular weight excluding hydrogens is 413 g/mol. The van der Waals surface area contributed by atoms with Gasteiger partial charge in [0.2, 0.25) is 5.91 Å². The highest BCUT2D eigenvalue weighted by Gasteiger charge is 2.73. The summed E-state index contributed by atoms with van der Waals surface area (Å²) in [5.41, 5.74) is 4.78. The van der Waals surface area contributed by atoms with Crippen molar-refractivity contribution in [3.63, 3.8) is 0 Å². The number of esters is 1. The van der Waals surface area contributed by atoms with Crippen molar-refractivity contribution in [1.29, 1.82) is 0 Å². The predicted octanol–water partition coefficient (Wildman–Crippen LogP) is 3.52. The van der Waals surface area contributed by atoms with Crippen LogP contribution in [0.25, 0.3) is 0 Å². The molecule has 172 valence electrons. The number of carbonyl (C=O) groups is 2. The number of hydrogen-bond donors (Lipinski definition) is 2. The molecule has 8 heteroatoms. The number of rotatable bonds is 6. The lowest BCUT2D eigenvalue weighted by Gasteiger charge is -2.65. The summed E-state index contributed by atoms with van der Waals surface area (Å²) in [5.74, 6) is -0.172. The predicted molar refractivity (Wildman–Crippen MR) is 116 cm³/mol. The van der Waals surface area contributed by atoms with Crippen molar-refractivity contribution in [2.24, 2.45) is 27.1 Å². The minimum absolute atomic E-state index is 0.0242. The summed E-state index contributed by atoms with van der Waals surface area (Å²) in [6.07, 6.45) is 5.76. The fourth-order valence-corrected chi connectivity index (χ4v) is 6.71. The summed E-state index contributed by atoms with van der Waals surface area (Å²) in [6, 6.07) is 7.11. The monoisotopic (exact) mass is 443 g/mol. The van der Waals surface area contributed by atoms with Crippen LogP contribution in [0.1, 0.15) is 63.4 Å². The molecule has 3 N–H and O–H groups in total. The third-order valence-corrected chi connectivity index (χ3v) is 8.74. The zero-order valence-electron chi connectivity index (χ0n) is 18.4. The van der Waals surface area contributed by atoms with Crippen molar-refractivity contribution in [2.75, 3.05) is 18.6 Å². The average Bonchev–Trinajstić information content (AvgIpc) is 2.79. The normalized spacial score (nSPS) is 37.2. The smallest absolute Gasteiger partial charge is 0.311 e. The van der Waals surface area contributed by atoms with Crippen LogP contribution in [0, 0.1) is 16.2 Å². The first-order valence-electron chi connectivity index (χ1n) is 11.4. The van der Waals surface area contributed by atoms with Gasteiger partial charge < -0.3 is 20.6 Å². The molecule has 7 nitrogen and oxygen atoms in total. The quantitative estimate of drug-likeness (QED) is 0.230. The number of anilines is 1. The number of nitrogens with zero attached hydrogens (tertiary/aromatic N) is 2. The Morgan fingerprint density at radius 1 is 1.12 bits per heavy atom. The standard InChI is InChI=1S/C24H30FN3O4/c1-32-20(30)22-8-5-21(6-9-22,7-10-22)15-28(19(29)23-12-24(25,13-23)14-23)17-4-2-3-16(11-17)18(26)27-31/h2-4,11,31H,5-10,12-15H2,1H3,(H2,26,27). The van der Waals surface area contributed by atoms with E-state index < -0.39 is 11.1 Å². The molecule has 0 spiro atoms. The van der Waals surface area contributed by atoms with E-state index in [9.17, 15) is 14.0 Å². The van der Waals surface area contributed by atoms with E-state index in [2.05, 4.69) is 5.16 Å². The molecule has 1 aromatic carbocycles. The largest absolute Gasteiger partial charge is 0.469 e. The van der Waals surface area contributed by atoms with E-state index in [4.69, 9.17) is 15.7 Å². The number of amides is 1. The number of amidine groups is 1. The van der Waals surface area contributed by atoms with E-state index in [1.807, 2.05) is 11.0 Å². The summed E-state index contributed by atoms with van der Waals surface area (Å²) in [4.78, 5) is 27.9. The molecule has 0 heterocycles. The second-order valence-corrected chi connectivity index (χ2v) is 10.7. The molecule has 1 amide bonds. The minimum Gasteiger partial charge on any atom is -0.469 e. The highest BCUT2D eigenvalue weighted by Crippen LogP contribution is 2.70. The number of fused-ring (bicyclic) bond motifs is 3. The Morgan fingerprint density at radius 3 is 2.28 bits per heavy atom. The third kappa shape index (κ3) is 3.02. The molecule has 0 aliphatic heterocycles. The van der Waals surface area contributed by atoms with Crippen LogP contribution in [0.4, 0.5) is 10.1 Å². The molecule has 32 heavy (non-hydrogen) atoms. The average molecular weight is 444 g/mol. The van der Waals surface area contributed by atoms with Gasteiger partial charge >= 0.3 is 5.97 Å². The zero-order valence-corrected chi connectivity index (χ0v) is 18.4. The number of nitrogens with two attached hydrogens (primary N) is 1. The number of methoxy groups -OCH3 is 1. The highest BCUT2D eigenvalue weighted by molar-refractivity contribution is 6.02. The highest BCUT2D eigenvalue weighted by atomic mass is 19.1. The Hall–Kier alpha value is -2.64. The molecule has 0 unspecified atom stereocenters. The summed E-state index contributed by atoms with van der Waals surface area (Å²) in [6.45, 7) is 0.531. The first-order valence-corrected chi connectivity index (χ1v) is 11.4. The van der Waals surface area contributed by atoms with Crippen LogP contribution >= 0.6 is 0 Å². The number of ether oxygens (including phenoxy) is 1. The van der Waals surface area contributed by atoms with Gasteiger partial charge in [-0.3, -0.25) is 9.59 Å². The molecule has 6 fully saturated rings. The van der Waals surface area contributed by atoms with Crippen LogP contribution in [0.15, 0.2) is 29.4 Å². The van der Waals surface area contributed by atoms with Gasteiger partial charge in [-0.1, -0.05) is 17.3 Å². The van der Waals surface area contributed by atoms with Crippen molar-refractivity contribution in [1.82, 2.24) is 0 Å². The van der Waals surface area contributed by atoms with E-state index in [0.29, 0.717) is 37.1 Å². The molecule has 6 aliphatic rings. The molecule has 7 rings (SSSR count). The number of benzene rings is 1. The van der Waals surface area contributed by atoms with Crippen molar-refractivity contribution >= 4 is 23.4 Å². The van der Waals surface area contributed by atoms with Gasteiger partial charge in [0.05, 0.1) is 17.9 Å². The van der Waals surface area contributed by atoms with Crippen molar-refractivity contribution in [2.45, 2.75) is 63.5 Å². The van der Waals surface area contributed by atoms with Gasteiger partial charge in [-0.05, 0) is 75.3 Å². The second-order valence-electron chi connectivity index (χ2n) is 10.7. The Bertz CT molecular complexity index is 962. The maximum Gasteiger partial charge on any atom is 0.311 e. The number of halogens is 1.